The average molecular weight is 487 g/mol. The quantitative estimate of drug-likeness (QED) is 0.636. The highest BCUT2D eigenvalue weighted by Gasteiger charge is 2.41. The number of methoxy groups -OCH3 is 1. The number of fused-ring (bicyclic) bond motifs is 4. The van der Waals surface area contributed by atoms with Crippen molar-refractivity contribution in [2.75, 3.05) is 48.5 Å². The molecule has 186 valence electrons. The fourth-order valence-corrected chi connectivity index (χ4v) is 4.50. The van der Waals surface area contributed by atoms with E-state index in [1.807, 2.05) is 18.7 Å². The molecule has 0 aliphatic carbocycles. The van der Waals surface area contributed by atoms with Crippen LogP contribution in [0.15, 0.2) is 24.4 Å². The second kappa shape index (κ2) is 8.93. The predicted octanol–water partition coefficient (Wildman–Crippen LogP) is 2.56. The average Bonchev–Trinajstić information content (AvgIpc) is 3.41. The Kier molecular flexibility index (Phi) is 5.93. The number of rotatable bonds is 5. The van der Waals surface area contributed by atoms with Crippen molar-refractivity contribution in [1.29, 1.82) is 0 Å². The second-order valence-corrected chi connectivity index (χ2v) is 8.98. The minimum absolute atomic E-state index is 0.187. The van der Waals surface area contributed by atoms with Crippen LogP contribution in [-0.2, 0) is 14.2 Å². The number of hydrogen-bond donors (Lipinski definition) is 1. The van der Waals surface area contributed by atoms with Crippen LogP contribution in [0, 0.1) is 5.82 Å². The molecule has 5 rings (SSSR count). The molecule has 0 saturated carbocycles. The van der Waals surface area contributed by atoms with Gasteiger partial charge < -0.3 is 23.8 Å². The van der Waals surface area contributed by atoms with Gasteiger partial charge in [0.2, 0.25) is 0 Å². The lowest BCUT2D eigenvalue weighted by Gasteiger charge is -2.35. The molecule has 35 heavy (non-hydrogen) atoms. The van der Waals surface area contributed by atoms with E-state index >= 15 is 0 Å². The van der Waals surface area contributed by atoms with E-state index in [4.69, 9.17) is 14.2 Å². The zero-order chi connectivity index (χ0) is 24.7. The molecule has 3 aliphatic heterocycles. The molecule has 0 aromatic carbocycles. The van der Waals surface area contributed by atoms with Gasteiger partial charge in [0.1, 0.15) is 24.3 Å². The summed E-state index contributed by atoms with van der Waals surface area (Å²) in [6, 6.07) is 3.82. The van der Waals surface area contributed by atoms with Crippen molar-refractivity contribution in [3.05, 3.63) is 35.9 Å². The number of nitrogens with zero attached hydrogens (tertiary/aromatic N) is 4. The SMILES string of the molecule is COC(=O)c1nc2c(cc1F)N1CC[C@H](C1)N2C(=O)Nc1cc(OC[C@H]2COC(C)(C)O2)ccn1. The monoisotopic (exact) mass is 487 g/mol. The number of hydrogen-bond acceptors (Lipinski definition) is 9. The van der Waals surface area contributed by atoms with Gasteiger partial charge in [-0.3, -0.25) is 10.2 Å². The molecule has 2 aromatic rings. The van der Waals surface area contributed by atoms with Crippen molar-refractivity contribution >= 4 is 29.3 Å². The number of anilines is 3. The van der Waals surface area contributed by atoms with Crippen molar-refractivity contribution in [2.24, 2.45) is 0 Å². The molecule has 2 atom stereocenters. The largest absolute Gasteiger partial charge is 0.491 e. The van der Waals surface area contributed by atoms with E-state index in [1.165, 1.54) is 17.2 Å². The van der Waals surface area contributed by atoms with Crippen molar-refractivity contribution in [3.8, 4) is 5.75 Å². The summed E-state index contributed by atoms with van der Waals surface area (Å²) in [7, 11) is 1.15. The number of carbonyl (C=O) groups is 2. The highest BCUT2D eigenvalue weighted by atomic mass is 19.1. The molecule has 0 radical (unpaired) electrons. The summed E-state index contributed by atoms with van der Waals surface area (Å²) >= 11 is 0. The maximum Gasteiger partial charge on any atom is 0.359 e. The topological polar surface area (TPSA) is 115 Å². The van der Waals surface area contributed by atoms with Crippen molar-refractivity contribution in [2.45, 2.75) is 38.2 Å². The first-order valence-electron chi connectivity index (χ1n) is 11.3. The first-order chi connectivity index (χ1) is 16.7. The van der Waals surface area contributed by atoms with E-state index in [0.29, 0.717) is 37.6 Å². The fraction of sp³-hybridized carbons (Fsp3) is 0.478. The third-order valence-electron chi connectivity index (χ3n) is 6.10. The van der Waals surface area contributed by atoms with Crippen molar-refractivity contribution < 1.29 is 32.9 Å². The van der Waals surface area contributed by atoms with Gasteiger partial charge in [0, 0.05) is 31.4 Å². The Labute approximate surface area is 201 Å². The molecule has 1 N–H and O–H groups in total. The van der Waals surface area contributed by atoms with Crippen molar-refractivity contribution in [1.82, 2.24) is 9.97 Å². The smallest absolute Gasteiger partial charge is 0.359 e. The predicted molar refractivity (Wildman–Crippen MR) is 122 cm³/mol. The van der Waals surface area contributed by atoms with Crippen LogP contribution in [0.1, 0.15) is 30.8 Å². The Morgan fingerprint density at radius 2 is 2.17 bits per heavy atom. The minimum Gasteiger partial charge on any atom is -0.491 e. The van der Waals surface area contributed by atoms with Crippen LogP contribution in [-0.4, -0.2) is 73.3 Å². The van der Waals surface area contributed by atoms with Crippen LogP contribution in [0.4, 0.5) is 26.5 Å². The number of ether oxygens (including phenoxy) is 4. The summed E-state index contributed by atoms with van der Waals surface area (Å²) in [5, 5.41) is 2.77. The lowest BCUT2D eigenvalue weighted by molar-refractivity contribution is -0.141. The maximum atomic E-state index is 14.5. The first-order valence-corrected chi connectivity index (χ1v) is 11.3. The molecule has 5 heterocycles. The Morgan fingerprint density at radius 3 is 2.91 bits per heavy atom. The molecule has 0 unspecified atom stereocenters. The van der Waals surface area contributed by atoms with Gasteiger partial charge in [-0.2, -0.15) is 0 Å². The highest BCUT2D eigenvalue weighted by molar-refractivity contribution is 6.04. The number of nitrogens with one attached hydrogen (secondary N) is 1. The van der Waals surface area contributed by atoms with E-state index in [-0.39, 0.29) is 30.4 Å². The number of pyridine rings is 2. The van der Waals surface area contributed by atoms with Crippen molar-refractivity contribution in [3.63, 3.8) is 0 Å². The molecule has 11 nitrogen and oxygen atoms in total. The summed E-state index contributed by atoms with van der Waals surface area (Å²) in [6.07, 6.45) is 1.99. The molecular formula is C23H26FN5O6. The van der Waals surface area contributed by atoms with Gasteiger partial charge in [0.05, 0.1) is 25.4 Å². The van der Waals surface area contributed by atoms with E-state index in [0.717, 1.165) is 7.11 Å². The minimum atomic E-state index is -0.912. The van der Waals surface area contributed by atoms with Gasteiger partial charge in [0.25, 0.3) is 0 Å². The van der Waals surface area contributed by atoms with Gasteiger partial charge in [-0.05, 0) is 26.3 Å². The number of urea groups is 1. The highest BCUT2D eigenvalue weighted by Crippen LogP contribution is 2.40. The van der Waals surface area contributed by atoms with E-state index in [1.54, 1.807) is 12.1 Å². The summed E-state index contributed by atoms with van der Waals surface area (Å²) in [6.45, 7) is 5.57. The molecule has 2 amide bonds. The standard InChI is InChI=1S/C23H26FN5O6/c1-23(2)34-12-15(35-23)11-33-14-4-6-25-18(8-14)26-22(31)29-13-5-7-28(10-13)17-9-16(24)19(21(30)32-3)27-20(17)29/h4,6,8-9,13,15H,5,7,10-12H2,1-3H3,(H,25,26,31)/t13-,15+/m1/s1. The molecular weight excluding hydrogens is 461 g/mol. The number of esters is 1. The zero-order valence-electron chi connectivity index (χ0n) is 19.6. The molecule has 2 bridgehead atoms. The Bertz CT molecular complexity index is 1160. The number of halogens is 1. The first kappa shape index (κ1) is 23.2. The van der Waals surface area contributed by atoms with E-state index in [2.05, 4.69) is 20.0 Å². The van der Waals surface area contributed by atoms with Crippen LogP contribution in [0.3, 0.4) is 0 Å². The Hall–Kier alpha value is -3.51. The Balaban J connectivity index is 1.33. The van der Waals surface area contributed by atoms with Gasteiger partial charge >= 0.3 is 12.0 Å². The van der Waals surface area contributed by atoms with Crippen LogP contribution in [0.25, 0.3) is 0 Å². The van der Waals surface area contributed by atoms with E-state index < -0.39 is 29.3 Å². The normalized spacial score (nSPS) is 22.1. The lowest BCUT2D eigenvalue weighted by atomic mass is 10.1. The Morgan fingerprint density at radius 1 is 1.34 bits per heavy atom. The summed E-state index contributed by atoms with van der Waals surface area (Å²) < 4.78 is 36.3. The summed E-state index contributed by atoms with van der Waals surface area (Å²) in [4.78, 5) is 37.1. The van der Waals surface area contributed by atoms with Gasteiger partial charge in [-0.15, -0.1) is 0 Å². The molecule has 3 aliphatic rings. The fourth-order valence-electron chi connectivity index (χ4n) is 4.50. The van der Waals surface area contributed by atoms with Crippen LogP contribution in [0.5, 0.6) is 5.75 Å². The molecule has 0 spiro atoms. The lowest BCUT2D eigenvalue weighted by Crippen LogP contribution is -2.48. The molecule has 12 heteroatoms. The molecule has 2 aromatic heterocycles. The maximum absolute atomic E-state index is 14.5. The number of aromatic nitrogens is 2. The zero-order valence-corrected chi connectivity index (χ0v) is 19.6. The third kappa shape index (κ3) is 4.58. The van der Waals surface area contributed by atoms with Gasteiger partial charge in [-0.1, -0.05) is 0 Å². The summed E-state index contributed by atoms with van der Waals surface area (Å²) in [5.74, 6) is -1.38. The number of carbonyl (C=O) groups excluding carboxylic acids is 2. The van der Waals surface area contributed by atoms with E-state index in [9.17, 15) is 14.0 Å². The van der Waals surface area contributed by atoms with Crippen LogP contribution >= 0.6 is 0 Å². The third-order valence-corrected chi connectivity index (χ3v) is 6.10. The second-order valence-electron chi connectivity index (χ2n) is 8.98. The molecule has 2 fully saturated rings. The van der Waals surface area contributed by atoms with Crippen LogP contribution in [0.2, 0.25) is 0 Å². The number of amides is 2. The van der Waals surface area contributed by atoms with Crippen LogP contribution < -0.4 is 19.9 Å². The van der Waals surface area contributed by atoms with Gasteiger partial charge in [-0.25, -0.2) is 23.9 Å². The van der Waals surface area contributed by atoms with Gasteiger partial charge in [0.15, 0.2) is 23.1 Å². The summed E-state index contributed by atoms with van der Waals surface area (Å²) in [5.41, 5.74) is -0.0211. The molecule has 2 saturated heterocycles.